The highest BCUT2D eigenvalue weighted by atomic mass is 35.5. The van der Waals surface area contributed by atoms with Crippen LogP contribution >= 0.6 is 11.6 Å². The average Bonchev–Trinajstić information content (AvgIpc) is 2.44. The zero-order valence-corrected chi connectivity index (χ0v) is 11.5. The van der Waals surface area contributed by atoms with Gasteiger partial charge in [0, 0.05) is 29.2 Å². The number of rotatable bonds is 5. The summed E-state index contributed by atoms with van der Waals surface area (Å²) in [7, 11) is 0. The van der Waals surface area contributed by atoms with E-state index in [2.05, 4.69) is 5.32 Å². The first kappa shape index (κ1) is 14.8. The molecule has 106 valence electrons. The van der Waals surface area contributed by atoms with Crippen molar-refractivity contribution in [3.63, 3.8) is 0 Å². The van der Waals surface area contributed by atoms with E-state index in [1.54, 1.807) is 30.3 Å². The summed E-state index contributed by atoms with van der Waals surface area (Å²) in [5.41, 5.74) is 1.83. The van der Waals surface area contributed by atoms with Crippen molar-refractivity contribution in [1.29, 1.82) is 0 Å². The number of nitrogens with one attached hydrogen (secondary N) is 1. The second-order valence-electron chi connectivity index (χ2n) is 4.46. The van der Waals surface area contributed by atoms with Gasteiger partial charge in [-0.05, 0) is 35.9 Å². The van der Waals surface area contributed by atoms with Crippen LogP contribution in [-0.4, -0.2) is 10.2 Å². The number of benzene rings is 2. The molecule has 0 saturated carbocycles. The Balaban J connectivity index is 1.97. The van der Waals surface area contributed by atoms with Crippen LogP contribution in [0.25, 0.3) is 0 Å². The molecule has 0 radical (unpaired) electrons. The normalized spacial score (nSPS) is 10.8. The Morgan fingerprint density at radius 1 is 1.05 bits per heavy atom. The third-order valence-corrected chi connectivity index (χ3v) is 3.20. The molecule has 3 N–H and O–H groups in total. The molecular formula is C15H15ClFNO2. The third-order valence-electron chi connectivity index (χ3n) is 2.97. The Labute approximate surface area is 121 Å². The van der Waals surface area contributed by atoms with Crippen molar-refractivity contribution in [1.82, 2.24) is 5.32 Å². The number of aliphatic hydroxyl groups is 1. The number of phenolic OH excluding ortho intramolecular Hbond substituents is 1. The highest BCUT2D eigenvalue weighted by Gasteiger charge is 2.04. The van der Waals surface area contributed by atoms with Crippen LogP contribution in [-0.2, 0) is 19.7 Å². The van der Waals surface area contributed by atoms with E-state index < -0.39 is 5.82 Å². The molecule has 3 nitrogen and oxygen atoms in total. The lowest BCUT2D eigenvalue weighted by Crippen LogP contribution is -2.13. The summed E-state index contributed by atoms with van der Waals surface area (Å²) in [5, 5.41) is 22.4. The summed E-state index contributed by atoms with van der Waals surface area (Å²) in [4.78, 5) is 0. The fraction of sp³-hybridized carbons (Fsp3) is 0.200. The lowest BCUT2D eigenvalue weighted by molar-refractivity contribution is 0.275. The second-order valence-corrected chi connectivity index (χ2v) is 4.90. The van der Waals surface area contributed by atoms with Gasteiger partial charge >= 0.3 is 0 Å². The minimum absolute atomic E-state index is 0.178. The molecule has 0 atom stereocenters. The van der Waals surface area contributed by atoms with Gasteiger partial charge in [-0.2, -0.15) is 0 Å². The van der Waals surface area contributed by atoms with Crippen LogP contribution in [0.1, 0.15) is 16.7 Å². The van der Waals surface area contributed by atoms with Crippen LogP contribution in [0, 0.1) is 5.82 Å². The molecule has 20 heavy (non-hydrogen) atoms. The van der Waals surface area contributed by atoms with E-state index in [0.29, 0.717) is 23.7 Å². The van der Waals surface area contributed by atoms with Gasteiger partial charge in [-0.1, -0.05) is 17.7 Å². The molecule has 0 amide bonds. The molecule has 0 heterocycles. The van der Waals surface area contributed by atoms with Crippen molar-refractivity contribution >= 4 is 11.6 Å². The van der Waals surface area contributed by atoms with Crippen LogP contribution in [0.4, 0.5) is 4.39 Å². The quantitative estimate of drug-likeness (QED) is 0.795. The Hall–Kier alpha value is -1.62. The van der Waals surface area contributed by atoms with E-state index in [1.807, 2.05) is 0 Å². The second kappa shape index (κ2) is 6.70. The predicted octanol–water partition coefficient (Wildman–Crippen LogP) is 2.97. The van der Waals surface area contributed by atoms with E-state index in [-0.39, 0.29) is 17.9 Å². The summed E-state index contributed by atoms with van der Waals surface area (Å²) >= 11 is 5.86. The van der Waals surface area contributed by atoms with E-state index >= 15 is 0 Å². The molecule has 2 rings (SSSR count). The molecule has 0 saturated heterocycles. The summed E-state index contributed by atoms with van der Waals surface area (Å²) < 4.78 is 13.2. The van der Waals surface area contributed by atoms with Gasteiger partial charge in [0.25, 0.3) is 0 Å². The number of hydrogen-bond donors (Lipinski definition) is 3. The summed E-state index contributed by atoms with van der Waals surface area (Å²) in [6.07, 6.45) is 0. The van der Waals surface area contributed by atoms with Crippen molar-refractivity contribution in [2.24, 2.45) is 0 Å². The summed E-state index contributed by atoms with van der Waals surface area (Å²) in [6.45, 7) is 0.617. The lowest BCUT2D eigenvalue weighted by Gasteiger charge is -2.09. The molecule has 0 aromatic heterocycles. The molecule has 0 bridgehead atoms. The molecular weight excluding hydrogens is 281 g/mol. The van der Waals surface area contributed by atoms with Gasteiger partial charge in [0.15, 0.2) is 0 Å². The van der Waals surface area contributed by atoms with E-state index in [1.165, 1.54) is 6.07 Å². The van der Waals surface area contributed by atoms with Crippen LogP contribution in [0.3, 0.4) is 0 Å². The fourth-order valence-electron chi connectivity index (χ4n) is 1.90. The topological polar surface area (TPSA) is 52.5 Å². The first-order valence-corrected chi connectivity index (χ1v) is 6.54. The van der Waals surface area contributed by atoms with Gasteiger partial charge in [0.1, 0.15) is 11.6 Å². The standard InChI is InChI=1S/C15H15ClFNO2/c16-13-2-4-15(20)11(6-13)8-18-7-10-1-3-14(17)12(5-10)9-19/h1-6,18-20H,7-9H2. The Morgan fingerprint density at radius 3 is 2.60 bits per heavy atom. The van der Waals surface area contributed by atoms with Gasteiger partial charge in [-0.15, -0.1) is 0 Å². The van der Waals surface area contributed by atoms with E-state index in [0.717, 1.165) is 5.56 Å². The Kier molecular flexibility index (Phi) is 4.95. The van der Waals surface area contributed by atoms with Gasteiger partial charge in [-0.25, -0.2) is 4.39 Å². The van der Waals surface area contributed by atoms with Crippen LogP contribution < -0.4 is 5.32 Å². The molecule has 0 aliphatic carbocycles. The molecule has 0 unspecified atom stereocenters. The number of phenols is 1. The van der Waals surface area contributed by atoms with Crippen molar-refractivity contribution in [2.75, 3.05) is 0 Å². The van der Waals surface area contributed by atoms with Gasteiger partial charge < -0.3 is 15.5 Å². The molecule has 5 heteroatoms. The Morgan fingerprint density at radius 2 is 1.85 bits per heavy atom. The third kappa shape index (κ3) is 3.70. The van der Waals surface area contributed by atoms with Gasteiger partial charge in [-0.3, -0.25) is 0 Å². The molecule has 0 fully saturated rings. The Bertz CT molecular complexity index is 604. The number of aliphatic hydroxyl groups excluding tert-OH is 1. The minimum atomic E-state index is -0.413. The molecule has 0 aliphatic heterocycles. The number of halogens is 2. The summed E-state index contributed by atoms with van der Waals surface area (Å²) in [6, 6.07) is 9.45. The van der Waals surface area contributed by atoms with Crippen LogP contribution in [0.5, 0.6) is 5.75 Å². The average molecular weight is 296 g/mol. The first-order chi connectivity index (χ1) is 9.60. The summed E-state index contributed by atoms with van der Waals surface area (Å²) in [5.74, 6) is -0.235. The maximum absolute atomic E-state index is 13.2. The monoisotopic (exact) mass is 295 g/mol. The lowest BCUT2D eigenvalue weighted by atomic mass is 10.1. The fourth-order valence-corrected chi connectivity index (χ4v) is 2.09. The number of aromatic hydroxyl groups is 1. The van der Waals surface area contributed by atoms with Crippen LogP contribution in [0.2, 0.25) is 5.02 Å². The zero-order chi connectivity index (χ0) is 14.5. The van der Waals surface area contributed by atoms with Crippen LogP contribution in [0.15, 0.2) is 36.4 Å². The first-order valence-electron chi connectivity index (χ1n) is 6.16. The van der Waals surface area contributed by atoms with Crippen molar-refractivity contribution in [2.45, 2.75) is 19.7 Å². The zero-order valence-electron chi connectivity index (χ0n) is 10.7. The molecule has 0 aliphatic rings. The van der Waals surface area contributed by atoms with Crippen molar-refractivity contribution in [3.05, 3.63) is 63.9 Å². The van der Waals surface area contributed by atoms with E-state index in [9.17, 15) is 9.50 Å². The largest absolute Gasteiger partial charge is 0.508 e. The minimum Gasteiger partial charge on any atom is -0.508 e. The number of hydrogen-bond acceptors (Lipinski definition) is 3. The van der Waals surface area contributed by atoms with E-state index in [4.69, 9.17) is 16.7 Å². The maximum Gasteiger partial charge on any atom is 0.128 e. The smallest absolute Gasteiger partial charge is 0.128 e. The van der Waals surface area contributed by atoms with Gasteiger partial charge in [0.2, 0.25) is 0 Å². The molecule has 2 aromatic rings. The molecule has 0 spiro atoms. The highest BCUT2D eigenvalue weighted by molar-refractivity contribution is 6.30. The predicted molar refractivity (Wildman–Crippen MR) is 76.0 cm³/mol. The van der Waals surface area contributed by atoms with Crippen molar-refractivity contribution < 1.29 is 14.6 Å². The van der Waals surface area contributed by atoms with Gasteiger partial charge in [0.05, 0.1) is 6.61 Å². The SMILES string of the molecule is OCc1cc(CNCc2cc(Cl)ccc2O)ccc1F. The maximum atomic E-state index is 13.2. The highest BCUT2D eigenvalue weighted by Crippen LogP contribution is 2.21. The van der Waals surface area contributed by atoms with Crippen molar-refractivity contribution in [3.8, 4) is 5.75 Å². The molecule has 2 aromatic carbocycles.